The van der Waals surface area contributed by atoms with Crippen LogP contribution in [0.3, 0.4) is 0 Å². The van der Waals surface area contributed by atoms with Gasteiger partial charge in [-0.25, -0.2) is 0 Å². The van der Waals surface area contributed by atoms with Gasteiger partial charge in [0.05, 0.1) is 22.4 Å². The number of anilines is 2. The molecule has 1 aromatic carbocycles. The maximum atomic E-state index is 6.37. The van der Waals surface area contributed by atoms with Gasteiger partial charge in [-0.3, -0.25) is 0 Å². The molecule has 2 aliphatic heterocycles. The van der Waals surface area contributed by atoms with Gasteiger partial charge in [0.1, 0.15) is 0 Å². The maximum Gasteiger partial charge on any atom is 0.0794 e. The molecular formula is C14H19ClN2. The van der Waals surface area contributed by atoms with Crippen LogP contribution in [0.2, 0.25) is 5.02 Å². The molecule has 92 valence electrons. The van der Waals surface area contributed by atoms with Crippen molar-refractivity contribution in [3.8, 4) is 0 Å². The largest absolute Gasteiger partial charge is 0.381 e. The number of piperidine rings is 1. The first-order valence-electron chi connectivity index (χ1n) is 6.39. The van der Waals surface area contributed by atoms with Gasteiger partial charge in [-0.15, -0.1) is 0 Å². The molecule has 0 saturated carbocycles. The zero-order valence-corrected chi connectivity index (χ0v) is 11.2. The first kappa shape index (κ1) is 11.2. The summed E-state index contributed by atoms with van der Waals surface area (Å²) in [6.07, 6.45) is 2.56. The summed E-state index contributed by atoms with van der Waals surface area (Å²) >= 11 is 6.37. The average Bonchev–Trinajstić information content (AvgIpc) is 2.28. The van der Waals surface area contributed by atoms with E-state index in [0.717, 1.165) is 18.1 Å². The highest BCUT2D eigenvalue weighted by molar-refractivity contribution is 6.34. The number of halogens is 1. The second-order valence-corrected chi connectivity index (χ2v) is 6.23. The van der Waals surface area contributed by atoms with E-state index in [1.807, 2.05) is 12.1 Å². The molecule has 1 fully saturated rings. The summed E-state index contributed by atoms with van der Waals surface area (Å²) < 4.78 is 0. The zero-order valence-electron chi connectivity index (χ0n) is 10.5. The Kier molecular flexibility index (Phi) is 2.51. The van der Waals surface area contributed by atoms with E-state index < -0.39 is 0 Å². The molecule has 1 N–H and O–H groups in total. The minimum Gasteiger partial charge on any atom is -0.381 e. The minimum absolute atomic E-state index is 0.363. The van der Waals surface area contributed by atoms with E-state index in [1.54, 1.807) is 0 Å². The fourth-order valence-electron chi connectivity index (χ4n) is 3.26. The molecule has 1 saturated heterocycles. The van der Waals surface area contributed by atoms with E-state index in [-0.39, 0.29) is 0 Å². The third-order valence-corrected chi connectivity index (χ3v) is 4.56. The van der Waals surface area contributed by atoms with Crippen LogP contribution in [0.15, 0.2) is 18.2 Å². The molecule has 2 nitrogen and oxygen atoms in total. The Hall–Kier alpha value is -0.890. The molecule has 0 aromatic heterocycles. The van der Waals surface area contributed by atoms with E-state index >= 15 is 0 Å². The lowest BCUT2D eigenvalue weighted by Gasteiger charge is -2.51. The Morgan fingerprint density at radius 1 is 1.41 bits per heavy atom. The van der Waals surface area contributed by atoms with E-state index in [0.29, 0.717) is 11.5 Å². The SMILES string of the molecule is CC1(C)CCCN2c3c(Cl)cccc3NCC21. The summed E-state index contributed by atoms with van der Waals surface area (Å²) in [5.74, 6) is 0. The molecule has 3 heteroatoms. The van der Waals surface area contributed by atoms with Crippen molar-refractivity contribution in [3.63, 3.8) is 0 Å². The van der Waals surface area contributed by atoms with Crippen LogP contribution >= 0.6 is 11.6 Å². The summed E-state index contributed by atoms with van der Waals surface area (Å²) in [4.78, 5) is 2.51. The number of nitrogens with one attached hydrogen (secondary N) is 1. The van der Waals surface area contributed by atoms with Crippen molar-refractivity contribution in [2.75, 3.05) is 23.3 Å². The van der Waals surface area contributed by atoms with Crippen LogP contribution in [0.1, 0.15) is 26.7 Å². The Labute approximate surface area is 108 Å². The summed E-state index contributed by atoms with van der Waals surface area (Å²) in [7, 11) is 0. The Balaban J connectivity index is 2.06. The highest BCUT2D eigenvalue weighted by atomic mass is 35.5. The number of rotatable bonds is 0. The van der Waals surface area contributed by atoms with Crippen LogP contribution in [0.5, 0.6) is 0 Å². The van der Waals surface area contributed by atoms with E-state index in [2.05, 4.69) is 30.1 Å². The number of hydrogen-bond acceptors (Lipinski definition) is 2. The molecule has 1 unspecified atom stereocenters. The van der Waals surface area contributed by atoms with Gasteiger partial charge in [0.15, 0.2) is 0 Å². The number of para-hydroxylation sites is 1. The van der Waals surface area contributed by atoms with Crippen molar-refractivity contribution in [1.29, 1.82) is 0 Å². The summed E-state index contributed by atoms with van der Waals surface area (Å²) in [6, 6.07) is 6.69. The summed E-state index contributed by atoms with van der Waals surface area (Å²) in [5.41, 5.74) is 2.76. The van der Waals surface area contributed by atoms with Gasteiger partial charge in [-0.1, -0.05) is 31.5 Å². The van der Waals surface area contributed by atoms with Crippen molar-refractivity contribution < 1.29 is 0 Å². The molecule has 1 aromatic rings. The molecule has 2 heterocycles. The van der Waals surface area contributed by atoms with Crippen LogP contribution in [0.4, 0.5) is 11.4 Å². The normalized spacial score (nSPS) is 25.8. The molecule has 0 aliphatic carbocycles. The quantitative estimate of drug-likeness (QED) is 0.754. The van der Waals surface area contributed by atoms with E-state index in [1.165, 1.54) is 24.2 Å². The van der Waals surface area contributed by atoms with Crippen molar-refractivity contribution in [1.82, 2.24) is 0 Å². The summed E-state index contributed by atoms with van der Waals surface area (Å²) in [6.45, 7) is 6.90. The van der Waals surface area contributed by atoms with E-state index in [9.17, 15) is 0 Å². The number of hydrogen-bond donors (Lipinski definition) is 1. The molecule has 17 heavy (non-hydrogen) atoms. The van der Waals surface area contributed by atoms with Crippen molar-refractivity contribution >= 4 is 23.0 Å². The van der Waals surface area contributed by atoms with Crippen LogP contribution in [-0.4, -0.2) is 19.1 Å². The Morgan fingerprint density at radius 3 is 3.06 bits per heavy atom. The van der Waals surface area contributed by atoms with Crippen LogP contribution in [-0.2, 0) is 0 Å². The second-order valence-electron chi connectivity index (χ2n) is 5.82. The Morgan fingerprint density at radius 2 is 2.24 bits per heavy atom. The smallest absolute Gasteiger partial charge is 0.0794 e. The number of nitrogens with zero attached hydrogens (tertiary/aromatic N) is 1. The third kappa shape index (κ3) is 1.70. The molecule has 2 aliphatic rings. The fourth-order valence-corrected chi connectivity index (χ4v) is 3.54. The van der Waals surface area contributed by atoms with Gasteiger partial charge >= 0.3 is 0 Å². The minimum atomic E-state index is 0.363. The monoisotopic (exact) mass is 250 g/mol. The van der Waals surface area contributed by atoms with Gasteiger partial charge in [0.2, 0.25) is 0 Å². The van der Waals surface area contributed by atoms with Crippen molar-refractivity contribution in [3.05, 3.63) is 23.2 Å². The predicted molar refractivity (Wildman–Crippen MR) is 74.1 cm³/mol. The fraction of sp³-hybridized carbons (Fsp3) is 0.571. The van der Waals surface area contributed by atoms with Gasteiger partial charge in [-0.2, -0.15) is 0 Å². The lowest BCUT2D eigenvalue weighted by Crippen LogP contribution is -2.55. The maximum absolute atomic E-state index is 6.37. The number of benzene rings is 1. The van der Waals surface area contributed by atoms with Gasteiger partial charge in [-0.05, 0) is 30.4 Å². The molecule has 1 atom stereocenters. The van der Waals surface area contributed by atoms with Crippen LogP contribution in [0, 0.1) is 5.41 Å². The molecule has 0 spiro atoms. The molecule has 0 radical (unpaired) electrons. The Bertz CT molecular complexity index is 442. The highest BCUT2D eigenvalue weighted by Crippen LogP contribution is 2.45. The van der Waals surface area contributed by atoms with Crippen molar-refractivity contribution in [2.24, 2.45) is 5.41 Å². The van der Waals surface area contributed by atoms with Gasteiger partial charge in [0, 0.05) is 13.1 Å². The topological polar surface area (TPSA) is 15.3 Å². The van der Waals surface area contributed by atoms with Crippen LogP contribution < -0.4 is 10.2 Å². The number of fused-ring (bicyclic) bond motifs is 3. The first-order valence-corrected chi connectivity index (χ1v) is 6.76. The average molecular weight is 251 g/mol. The summed E-state index contributed by atoms with van der Waals surface area (Å²) in [5, 5.41) is 4.40. The first-order chi connectivity index (χ1) is 8.09. The van der Waals surface area contributed by atoms with Gasteiger partial charge in [0.25, 0.3) is 0 Å². The molecular weight excluding hydrogens is 232 g/mol. The third-order valence-electron chi connectivity index (χ3n) is 4.26. The van der Waals surface area contributed by atoms with Gasteiger partial charge < -0.3 is 10.2 Å². The molecule has 0 bridgehead atoms. The van der Waals surface area contributed by atoms with Crippen LogP contribution in [0.25, 0.3) is 0 Å². The standard InChI is InChI=1S/C14H19ClN2/c1-14(2)7-4-8-17-12(14)9-16-11-6-3-5-10(15)13(11)17/h3,5-6,12,16H,4,7-9H2,1-2H3. The second kappa shape index (κ2) is 3.81. The highest BCUT2D eigenvalue weighted by Gasteiger charge is 2.40. The molecule has 0 amide bonds. The lowest BCUT2D eigenvalue weighted by molar-refractivity contribution is 0.217. The molecule has 3 rings (SSSR count). The zero-order chi connectivity index (χ0) is 12.0. The van der Waals surface area contributed by atoms with Crippen molar-refractivity contribution in [2.45, 2.75) is 32.7 Å². The van der Waals surface area contributed by atoms with E-state index in [4.69, 9.17) is 11.6 Å². The predicted octanol–water partition coefficient (Wildman–Crippen LogP) is 3.76. The lowest BCUT2D eigenvalue weighted by atomic mass is 9.75.